The molecule has 0 atom stereocenters. The SMILES string of the molecule is COc1cc2c(I)cn(-c3cn(CCO[Si](C)(C)C(C)(C)C)nn3)c2cc1Cl. The van der Waals surface area contributed by atoms with Crippen LogP contribution in [-0.4, -0.2) is 41.6 Å². The van der Waals surface area contributed by atoms with Crippen molar-refractivity contribution in [3.8, 4) is 11.6 Å². The van der Waals surface area contributed by atoms with Gasteiger partial charge in [-0.25, -0.2) is 4.68 Å². The molecule has 152 valence electrons. The van der Waals surface area contributed by atoms with Gasteiger partial charge < -0.3 is 9.16 Å². The number of methoxy groups -OCH3 is 1. The lowest BCUT2D eigenvalue weighted by atomic mass is 10.2. The highest BCUT2D eigenvalue weighted by Crippen LogP contribution is 2.36. The van der Waals surface area contributed by atoms with Gasteiger partial charge in [0.2, 0.25) is 0 Å². The topological polar surface area (TPSA) is 54.1 Å². The van der Waals surface area contributed by atoms with Crippen molar-refractivity contribution in [3.05, 3.63) is 33.1 Å². The van der Waals surface area contributed by atoms with Gasteiger partial charge in [-0.05, 0) is 52.9 Å². The molecule has 0 amide bonds. The minimum absolute atomic E-state index is 0.196. The summed E-state index contributed by atoms with van der Waals surface area (Å²) in [4.78, 5) is 0. The number of nitrogens with zero attached hydrogens (tertiary/aromatic N) is 4. The summed E-state index contributed by atoms with van der Waals surface area (Å²) in [6, 6.07) is 3.85. The molecule has 0 fully saturated rings. The maximum atomic E-state index is 6.33. The number of ether oxygens (including phenoxy) is 1. The first-order valence-electron chi connectivity index (χ1n) is 9.12. The van der Waals surface area contributed by atoms with Crippen molar-refractivity contribution in [2.75, 3.05) is 13.7 Å². The average molecular weight is 533 g/mol. The van der Waals surface area contributed by atoms with Gasteiger partial charge in [0.05, 0.1) is 37.0 Å². The fraction of sp³-hybridized carbons (Fsp3) is 0.474. The molecule has 9 heteroatoms. The Labute approximate surface area is 185 Å². The molecule has 6 nitrogen and oxygen atoms in total. The molecule has 3 aromatic rings. The van der Waals surface area contributed by atoms with Crippen LogP contribution in [0.5, 0.6) is 5.75 Å². The molecule has 2 heterocycles. The molecule has 0 unspecified atom stereocenters. The molecule has 3 rings (SSSR count). The summed E-state index contributed by atoms with van der Waals surface area (Å²) in [5.74, 6) is 1.41. The Bertz CT molecular complexity index is 994. The molecular formula is C19H26ClIN4O2Si. The molecule has 0 aliphatic rings. The lowest BCUT2D eigenvalue weighted by Crippen LogP contribution is -2.41. The second-order valence-electron chi connectivity index (χ2n) is 8.30. The Hall–Kier alpha value is -1.10. The second-order valence-corrected chi connectivity index (χ2v) is 14.7. The number of benzene rings is 1. The highest BCUT2D eigenvalue weighted by molar-refractivity contribution is 14.1. The lowest BCUT2D eigenvalue weighted by molar-refractivity contribution is 0.264. The van der Waals surface area contributed by atoms with Crippen molar-refractivity contribution in [3.63, 3.8) is 0 Å². The highest BCUT2D eigenvalue weighted by atomic mass is 127. The van der Waals surface area contributed by atoms with Crippen LogP contribution in [0.25, 0.3) is 16.7 Å². The molecule has 0 aliphatic heterocycles. The number of aromatic nitrogens is 4. The summed E-state index contributed by atoms with van der Waals surface area (Å²) < 4.78 is 16.5. The summed E-state index contributed by atoms with van der Waals surface area (Å²) in [5.41, 5.74) is 0.972. The normalized spacial score (nSPS) is 12.7. The predicted molar refractivity (Wildman–Crippen MR) is 124 cm³/mol. The lowest BCUT2D eigenvalue weighted by Gasteiger charge is -2.36. The van der Waals surface area contributed by atoms with E-state index in [0.29, 0.717) is 23.9 Å². The fourth-order valence-electron chi connectivity index (χ4n) is 2.65. The van der Waals surface area contributed by atoms with Crippen molar-refractivity contribution < 1.29 is 9.16 Å². The Morgan fingerprint density at radius 1 is 1.21 bits per heavy atom. The van der Waals surface area contributed by atoms with E-state index in [1.54, 1.807) is 7.11 Å². The summed E-state index contributed by atoms with van der Waals surface area (Å²) in [6.07, 6.45) is 3.96. The molecule has 0 saturated carbocycles. The molecule has 0 spiro atoms. The minimum atomic E-state index is -1.76. The summed E-state index contributed by atoms with van der Waals surface area (Å²) in [7, 11) is -0.139. The predicted octanol–water partition coefficient (Wildman–Crippen LogP) is 5.51. The van der Waals surface area contributed by atoms with E-state index in [9.17, 15) is 0 Å². The number of halogens is 2. The first-order valence-corrected chi connectivity index (χ1v) is 13.5. The molecule has 0 bridgehead atoms. The third kappa shape index (κ3) is 4.24. The van der Waals surface area contributed by atoms with E-state index < -0.39 is 8.32 Å². The van der Waals surface area contributed by atoms with Gasteiger partial charge in [0.1, 0.15) is 5.75 Å². The van der Waals surface area contributed by atoms with Gasteiger partial charge >= 0.3 is 0 Å². The number of hydrogen-bond donors (Lipinski definition) is 0. The van der Waals surface area contributed by atoms with Crippen molar-refractivity contribution in [1.82, 2.24) is 19.6 Å². The molecular weight excluding hydrogens is 507 g/mol. The molecule has 0 N–H and O–H groups in total. The van der Waals surface area contributed by atoms with Crippen molar-refractivity contribution in [1.29, 1.82) is 0 Å². The van der Waals surface area contributed by atoms with Gasteiger partial charge in [0, 0.05) is 15.2 Å². The zero-order valence-corrected chi connectivity index (χ0v) is 21.0. The number of hydrogen-bond acceptors (Lipinski definition) is 4. The van der Waals surface area contributed by atoms with Gasteiger partial charge in [-0.1, -0.05) is 37.6 Å². The van der Waals surface area contributed by atoms with Crippen LogP contribution in [0.4, 0.5) is 0 Å². The Morgan fingerprint density at radius 3 is 2.57 bits per heavy atom. The van der Waals surface area contributed by atoms with E-state index in [1.807, 2.05) is 33.8 Å². The molecule has 2 aromatic heterocycles. The van der Waals surface area contributed by atoms with Crippen LogP contribution < -0.4 is 4.74 Å². The summed E-state index contributed by atoms with van der Waals surface area (Å²) in [5, 5.41) is 10.4. The van der Waals surface area contributed by atoms with E-state index in [2.05, 4.69) is 66.8 Å². The molecule has 0 saturated heterocycles. The molecule has 28 heavy (non-hydrogen) atoms. The standard InChI is InChI=1S/C19H26ClIN4O2Si/c1-19(2,3)28(5,6)27-8-7-24-12-18(22-23-24)25-11-15(21)13-9-17(26-4)14(20)10-16(13)25/h9-12H,7-8H2,1-6H3. The van der Waals surface area contributed by atoms with Crippen LogP contribution in [-0.2, 0) is 11.0 Å². The van der Waals surface area contributed by atoms with Crippen molar-refractivity contribution >= 4 is 53.4 Å². The molecule has 1 aromatic carbocycles. The van der Waals surface area contributed by atoms with E-state index in [1.165, 1.54) is 0 Å². The minimum Gasteiger partial charge on any atom is -0.495 e. The van der Waals surface area contributed by atoms with Gasteiger partial charge in [-0.2, -0.15) is 0 Å². The van der Waals surface area contributed by atoms with Crippen LogP contribution in [0.3, 0.4) is 0 Å². The monoisotopic (exact) mass is 532 g/mol. The Kier molecular flexibility index (Phi) is 6.14. The largest absolute Gasteiger partial charge is 0.495 e. The van der Waals surface area contributed by atoms with Crippen LogP contribution in [0.1, 0.15) is 20.8 Å². The average Bonchev–Trinajstić information content (AvgIpc) is 3.18. The van der Waals surface area contributed by atoms with Gasteiger partial charge in [0.25, 0.3) is 0 Å². The molecule has 0 radical (unpaired) electrons. The van der Waals surface area contributed by atoms with Crippen LogP contribution >= 0.6 is 34.2 Å². The maximum absolute atomic E-state index is 6.33. The van der Waals surface area contributed by atoms with Gasteiger partial charge in [0.15, 0.2) is 14.1 Å². The smallest absolute Gasteiger partial charge is 0.192 e. The zero-order chi connectivity index (χ0) is 20.7. The third-order valence-electron chi connectivity index (χ3n) is 5.39. The number of rotatable bonds is 6. The zero-order valence-electron chi connectivity index (χ0n) is 17.1. The van der Waals surface area contributed by atoms with E-state index in [4.69, 9.17) is 20.8 Å². The first kappa shape index (κ1) is 21.6. The third-order valence-corrected chi connectivity index (χ3v) is 11.1. The summed E-state index contributed by atoms with van der Waals surface area (Å²) >= 11 is 8.64. The summed E-state index contributed by atoms with van der Waals surface area (Å²) in [6.45, 7) is 12.5. The Morgan fingerprint density at radius 2 is 1.93 bits per heavy atom. The van der Waals surface area contributed by atoms with E-state index in [0.717, 1.165) is 20.3 Å². The van der Waals surface area contributed by atoms with Gasteiger partial charge in [-0.15, -0.1) is 5.10 Å². The second kappa shape index (κ2) is 7.96. The van der Waals surface area contributed by atoms with Gasteiger partial charge in [-0.3, -0.25) is 4.57 Å². The highest BCUT2D eigenvalue weighted by Gasteiger charge is 2.36. The quantitative estimate of drug-likeness (QED) is 0.310. The number of fused-ring (bicyclic) bond motifs is 1. The van der Waals surface area contributed by atoms with Crippen molar-refractivity contribution in [2.24, 2.45) is 0 Å². The first-order chi connectivity index (χ1) is 13.0. The van der Waals surface area contributed by atoms with Crippen LogP contribution in [0.15, 0.2) is 24.5 Å². The van der Waals surface area contributed by atoms with E-state index in [-0.39, 0.29) is 5.04 Å². The Balaban J connectivity index is 1.80. The van der Waals surface area contributed by atoms with Crippen molar-refractivity contribution in [2.45, 2.75) is 45.4 Å². The molecule has 0 aliphatic carbocycles. The van der Waals surface area contributed by atoms with E-state index >= 15 is 0 Å². The van der Waals surface area contributed by atoms with Crippen LogP contribution in [0.2, 0.25) is 23.2 Å². The fourth-order valence-corrected chi connectivity index (χ4v) is 4.63. The maximum Gasteiger partial charge on any atom is 0.192 e. The van der Waals surface area contributed by atoms with Crippen LogP contribution in [0, 0.1) is 3.57 Å².